The van der Waals surface area contributed by atoms with Crippen LogP contribution in [0.5, 0.6) is 0 Å². The molecule has 106 valence electrons. The second kappa shape index (κ2) is 6.25. The number of halogens is 3. The van der Waals surface area contributed by atoms with Crippen LogP contribution < -0.4 is 4.72 Å². The smallest absolute Gasteiger partial charge is 0.216 e. The summed E-state index contributed by atoms with van der Waals surface area (Å²) in [6, 6.07) is -0.229. The van der Waals surface area contributed by atoms with E-state index in [1.807, 2.05) is 0 Å². The first-order chi connectivity index (χ1) is 8.22. The van der Waals surface area contributed by atoms with Gasteiger partial charge < -0.3 is 0 Å². The summed E-state index contributed by atoms with van der Waals surface area (Å²) in [6.45, 7) is 0. The maximum Gasteiger partial charge on any atom is 0.390 e. The number of hydrogen-bond acceptors (Lipinski definition) is 4. The Kier molecular flexibility index (Phi) is 5.47. The summed E-state index contributed by atoms with van der Waals surface area (Å²) in [4.78, 5) is 0. The lowest BCUT2D eigenvalue weighted by atomic mass is 9.93. The van der Waals surface area contributed by atoms with Gasteiger partial charge in [-0.05, 0) is 25.7 Å². The van der Waals surface area contributed by atoms with Gasteiger partial charge >= 0.3 is 6.18 Å². The summed E-state index contributed by atoms with van der Waals surface area (Å²) in [5.41, 5.74) is 0. The molecule has 0 radical (unpaired) electrons. The van der Waals surface area contributed by atoms with Crippen molar-refractivity contribution in [1.29, 1.82) is 0 Å². The standard InChI is InChI=1S/C9H15F3N2O2S2/c10-9(11,12)5-6-18(15,16)14-8-3-1-7(13-17)2-4-8/h7-8,14H,1-6H2. The molecule has 18 heavy (non-hydrogen) atoms. The molecule has 0 aromatic carbocycles. The van der Waals surface area contributed by atoms with Crippen LogP contribution in [0.25, 0.3) is 0 Å². The molecule has 9 heteroatoms. The predicted molar refractivity (Wildman–Crippen MR) is 63.4 cm³/mol. The van der Waals surface area contributed by atoms with Crippen molar-refractivity contribution >= 4 is 22.4 Å². The molecule has 1 saturated carbocycles. The Balaban J connectivity index is 2.40. The third-order valence-corrected chi connectivity index (χ3v) is 4.58. The normalized spacial score (nSPS) is 25.9. The Morgan fingerprint density at radius 2 is 1.78 bits per heavy atom. The molecule has 0 unspecified atom stereocenters. The average molecular weight is 304 g/mol. The van der Waals surface area contributed by atoms with Gasteiger partial charge in [0.05, 0.1) is 18.2 Å². The van der Waals surface area contributed by atoms with Crippen molar-refractivity contribution in [3.63, 3.8) is 0 Å². The molecule has 0 aromatic heterocycles. The topological polar surface area (TPSA) is 58.5 Å². The Hall–Kier alpha value is -0.280. The fourth-order valence-corrected chi connectivity index (χ4v) is 3.43. The minimum atomic E-state index is -4.45. The zero-order chi connectivity index (χ0) is 13.8. The minimum absolute atomic E-state index is 0.0657. The molecule has 0 spiro atoms. The zero-order valence-electron chi connectivity index (χ0n) is 9.61. The molecule has 1 rings (SSSR count). The monoisotopic (exact) mass is 304 g/mol. The molecule has 0 saturated heterocycles. The third-order valence-electron chi connectivity index (χ3n) is 2.85. The summed E-state index contributed by atoms with van der Waals surface area (Å²) in [5, 5.41) is 0. The van der Waals surface area contributed by atoms with Gasteiger partial charge in [-0.1, -0.05) is 0 Å². The van der Waals surface area contributed by atoms with Crippen LogP contribution in [-0.4, -0.2) is 32.4 Å². The number of alkyl halides is 3. The molecule has 4 nitrogen and oxygen atoms in total. The second-order valence-corrected chi connectivity index (χ2v) is 6.50. The van der Waals surface area contributed by atoms with Crippen LogP contribution in [0.2, 0.25) is 0 Å². The quantitative estimate of drug-likeness (QED) is 0.844. The molecule has 1 N–H and O–H groups in total. The largest absolute Gasteiger partial charge is 0.390 e. The fraction of sp³-hybridized carbons (Fsp3) is 1.00. The Morgan fingerprint density at radius 1 is 1.22 bits per heavy atom. The first-order valence-corrected chi connectivity index (χ1v) is 7.63. The van der Waals surface area contributed by atoms with E-state index in [-0.39, 0.29) is 12.1 Å². The van der Waals surface area contributed by atoms with Gasteiger partial charge in [0.2, 0.25) is 10.0 Å². The molecule has 0 amide bonds. The lowest BCUT2D eigenvalue weighted by Crippen LogP contribution is -2.40. The van der Waals surface area contributed by atoms with E-state index in [2.05, 4.69) is 21.5 Å². The van der Waals surface area contributed by atoms with Crippen molar-refractivity contribution in [1.82, 2.24) is 4.72 Å². The highest BCUT2D eigenvalue weighted by Crippen LogP contribution is 2.23. The van der Waals surface area contributed by atoms with E-state index < -0.39 is 28.4 Å². The summed E-state index contributed by atoms with van der Waals surface area (Å²) < 4.78 is 64.7. The first kappa shape index (κ1) is 15.8. The Labute approximate surface area is 110 Å². The van der Waals surface area contributed by atoms with E-state index in [0.29, 0.717) is 25.7 Å². The molecule has 0 aromatic rings. The maximum atomic E-state index is 11.9. The number of hydrogen-bond donors (Lipinski definition) is 1. The van der Waals surface area contributed by atoms with Crippen molar-refractivity contribution in [2.75, 3.05) is 5.75 Å². The van der Waals surface area contributed by atoms with Gasteiger partial charge in [-0.25, -0.2) is 17.5 Å². The molecule has 0 heterocycles. The van der Waals surface area contributed by atoms with E-state index in [9.17, 15) is 21.6 Å². The van der Waals surface area contributed by atoms with Crippen LogP contribution in [0, 0.1) is 0 Å². The number of rotatable bonds is 5. The van der Waals surface area contributed by atoms with Gasteiger partial charge in [0.15, 0.2) is 0 Å². The van der Waals surface area contributed by atoms with Crippen molar-refractivity contribution in [2.45, 2.75) is 50.4 Å². The average Bonchev–Trinajstić information content (AvgIpc) is 2.26. The van der Waals surface area contributed by atoms with Gasteiger partial charge in [-0.2, -0.15) is 13.2 Å². The lowest BCUT2D eigenvalue weighted by Gasteiger charge is -2.26. The highest BCUT2D eigenvalue weighted by atomic mass is 32.2. The fourth-order valence-electron chi connectivity index (χ4n) is 1.86. The molecule has 1 aliphatic carbocycles. The number of sulfonamides is 1. The van der Waals surface area contributed by atoms with Crippen LogP contribution in [0.4, 0.5) is 13.2 Å². The minimum Gasteiger partial charge on any atom is -0.216 e. The van der Waals surface area contributed by atoms with Crippen molar-refractivity contribution < 1.29 is 21.6 Å². The maximum absolute atomic E-state index is 11.9. The Bertz CT molecular complexity index is 376. The van der Waals surface area contributed by atoms with Crippen LogP contribution in [-0.2, 0) is 22.4 Å². The molecular weight excluding hydrogens is 289 g/mol. The number of nitrogens with one attached hydrogen (secondary N) is 1. The molecular formula is C9H15F3N2O2S2. The van der Waals surface area contributed by atoms with Gasteiger partial charge in [-0.3, -0.25) is 0 Å². The van der Waals surface area contributed by atoms with E-state index in [0.717, 1.165) is 0 Å². The second-order valence-electron chi connectivity index (χ2n) is 4.41. The van der Waals surface area contributed by atoms with Crippen LogP contribution >= 0.6 is 0 Å². The molecule has 0 bridgehead atoms. The third kappa shape index (κ3) is 6.05. The van der Waals surface area contributed by atoms with E-state index in [1.54, 1.807) is 0 Å². The summed E-state index contributed by atoms with van der Waals surface area (Å²) in [5.74, 6) is -0.915. The molecule has 0 atom stereocenters. The zero-order valence-corrected chi connectivity index (χ0v) is 11.2. The molecule has 0 aliphatic heterocycles. The highest BCUT2D eigenvalue weighted by Gasteiger charge is 2.31. The van der Waals surface area contributed by atoms with Crippen LogP contribution in [0.3, 0.4) is 0 Å². The van der Waals surface area contributed by atoms with E-state index >= 15 is 0 Å². The molecule has 1 aliphatic rings. The van der Waals surface area contributed by atoms with Crippen molar-refractivity contribution in [3.05, 3.63) is 0 Å². The SMILES string of the molecule is O=S(=O)(CCC(F)(F)F)NC1CCC(N=S)CC1. The molecule has 1 fully saturated rings. The summed E-state index contributed by atoms with van der Waals surface area (Å²) in [6.07, 6.45) is -3.29. The van der Waals surface area contributed by atoms with Gasteiger partial charge in [0, 0.05) is 18.5 Å². The van der Waals surface area contributed by atoms with Crippen LogP contribution in [0.15, 0.2) is 4.36 Å². The van der Waals surface area contributed by atoms with Crippen LogP contribution in [0.1, 0.15) is 32.1 Å². The van der Waals surface area contributed by atoms with Gasteiger partial charge in [0.25, 0.3) is 0 Å². The van der Waals surface area contributed by atoms with Crippen molar-refractivity contribution in [2.24, 2.45) is 4.36 Å². The van der Waals surface area contributed by atoms with Crippen molar-refractivity contribution in [3.8, 4) is 0 Å². The number of nitrogens with zero attached hydrogens (tertiary/aromatic N) is 1. The highest BCUT2D eigenvalue weighted by molar-refractivity contribution is 7.89. The van der Waals surface area contributed by atoms with Gasteiger partial charge in [0.1, 0.15) is 0 Å². The Morgan fingerprint density at radius 3 is 2.22 bits per heavy atom. The first-order valence-electron chi connectivity index (χ1n) is 5.61. The van der Waals surface area contributed by atoms with Gasteiger partial charge in [-0.15, -0.1) is 0 Å². The predicted octanol–water partition coefficient (Wildman–Crippen LogP) is 1.90. The lowest BCUT2D eigenvalue weighted by molar-refractivity contribution is -0.130. The van der Waals surface area contributed by atoms with E-state index in [1.165, 1.54) is 0 Å². The summed E-state index contributed by atoms with van der Waals surface area (Å²) in [7, 11) is -3.87. The summed E-state index contributed by atoms with van der Waals surface area (Å²) >= 11 is 4.56. The van der Waals surface area contributed by atoms with E-state index in [4.69, 9.17) is 0 Å².